The Morgan fingerprint density at radius 2 is 1.70 bits per heavy atom. The molecule has 0 aliphatic carbocycles. The zero-order valence-corrected chi connectivity index (χ0v) is 16.6. The number of amides is 1. The van der Waals surface area contributed by atoms with E-state index >= 15 is 0 Å². The zero-order chi connectivity index (χ0) is 19.6. The number of carbonyl (C=O) groups excluding carboxylic acids is 1. The van der Waals surface area contributed by atoms with Gasteiger partial charge in [-0.05, 0) is 56.2 Å². The van der Waals surface area contributed by atoms with Crippen molar-refractivity contribution in [3.63, 3.8) is 0 Å². The third kappa shape index (κ3) is 4.35. The first-order valence-corrected chi connectivity index (χ1v) is 9.46. The molecule has 1 aliphatic rings. The number of hydrogen-bond acceptors (Lipinski definition) is 3. The minimum Gasteiger partial charge on any atom is -0.481 e. The van der Waals surface area contributed by atoms with Crippen LogP contribution >= 0.6 is 11.6 Å². The minimum atomic E-state index is -0.593. The predicted molar refractivity (Wildman–Crippen MR) is 106 cm³/mol. The number of piperazine rings is 1. The molecule has 6 heteroatoms. The Kier molecular flexibility index (Phi) is 5.90. The predicted octanol–water partition coefficient (Wildman–Crippen LogP) is 4.21. The van der Waals surface area contributed by atoms with Crippen LogP contribution < -0.4 is 9.64 Å². The zero-order valence-electron chi connectivity index (χ0n) is 15.8. The van der Waals surface area contributed by atoms with Crippen LogP contribution in [0.2, 0.25) is 5.02 Å². The van der Waals surface area contributed by atoms with Crippen molar-refractivity contribution in [2.75, 3.05) is 31.1 Å². The van der Waals surface area contributed by atoms with Crippen molar-refractivity contribution in [2.45, 2.75) is 26.9 Å². The lowest BCUT2D eigenvalue weighted by molar-refractivity contribution is -0.138. The van der Waals surface area contributed by atoms with E-state index in [0.29, 0.717) is 42.6 Å². The van der Waals surface area contributed by atoms with Crippen LogP contribution in [0.4, 0.5) is 10.1 Å². The molecule has 0 aromatic heterocycles. The SMILES string of the molecule is Cc1cc(O[C@@H](C)C(=O)N2CCN(c3ccccc3F)CC2)cc(C)c1Cl. The molecule has 2 aromatic rings. The van der Waals surface area contributed by atoms with Crippen molar-refractivity contribution < 1.29 is 13.9 Å². The molecular formula is C21H24ClFN2O2. The summed E-state index contributed by atoms with van der Waals surface area (Å²) in [6, 6.07) is 10.4. The highest BCUT2D eigenvalue weighted by atomic mass is 35.5. The van der Waals surface area contributed by atoms with Crippen LogP contribution in [0.25, 0.3) is 0 Å². The fourth-order valence-electron chi connectivity index (χ4n) is 3.36. The number of hydrogen-bond donors (Lipinski definition) is 0. The smallest absolute Gasteiger partial charge is 0.263 e. The third-order valence-corrected chi connectivity index (χ3v) is 5.45. The summed E-state index contributed by atoms with van der Waals surface area (Å²) >= 11 is 6.18. The lowest BCUT2D eigenvalue weighted by Gasteiger charge is -2.37. The average molecular weight is 391 g/mol. The Bertz CT molecular complexity index is 812. The Hall–Kier alpha value is -2.27. The topological polar surface area (TPSA) is 32.8 Å². The summed E-state index contributed by atoms with van der Waals surface area (Å²) in [5.74, 6) is 0.344. The van der Waals surface area contributed by atoms with Gasteiger partial charge in [0.1, 0.15) is 11.6 Å². The van der Waals surface area contributed by atoms with Gasteiger partial charge in [0.05, 0.1) is 5.69 Å². The second-order valence-electron chi connectivity index (χ2n) is 6.89. The Morgan fingerprint density at radius 1 is 1.11 bits per heavy atom. The van der Waals surface area contributed by atoms with Gasteiger partial charge in [-0.15, -0.1) is 0 Å². The molecule has 27 heavy (non-hydrogen) atoms. The summed E-state index contributed by atoms with van der Waals surface area (Å²) in [5, 5.41) is 0.714. The molecule has 0 N–H and O–H groups in total. The lowest BCUT2D eigenvalue weighted by Crippen LogP contribution is -2.52. The fraction of sp³-hybridized carbons (Fsp3) is 0.381. The first-order valence-electron chi connectivity index (χ1n) is 9.08. The van der Waals surface area contributed by atoms with Crippen molar-refractivity contribution >= 4 is 23.2 Å². The molecule has 1 amide bonds. The summed E-state index contributed by atoms with van der Waals surface area (Å²) in [6.45, 7) is 7.86. The van der Waals surface area contributed by atoms with Gasteiger partial charge in [-0.2, -0.15) is 0 Å². The molecule has 1 aliphatic heterocycles. The lowest BCUT2D eigenvalue weighted by atomic mass is 10.1. The van der Waals surface area contributed by atoms with E-state index < -0.39 is 6.10 Å². The Labute approximate surface area is 164 Å². The molecule has 4 nitrogen and oxygen atoms in total. The molecule has 1 heterocycles. The Balaban J connectivity index is 1.59. The first kappa shape index (κ1) is 19.5. The summed E-state index contributed by atoms with van der Waals surface area (Å²) in [4.78, 5) is 16.5. The van der Waals surface area contributed by atoms with Crippen molar-refractivity contribution in [2.24, 2.45) is 0 Å². The monoisotopic (exact) mass is 390 g/mol. The highest BCUT2D eigenvalue weighted by Crippen LogP contribution is 2.27. The molecule has 0 bridgehead atoms. The van der Waals surface area contributed by atoms with Gasteiger partial charge in [-0.1, -0.05) is 23.7 Å². The van der Waals surface area contributed by atoms with Crippen LogP contribution in [-0.2, 0) is 4.79 Å². The Morgan fingerprint density at radius 3 is 2.30 bits per heavy atom. The summed E-state index contributed by atoms with van der Waals surface area (Å²) in [5.41, 5.74) is 2.43. The molecular weight excluding hydrogens is 367 g/mol. The third-order valence-electron chi connectivity index (χ3n) is 4.86. The van der Waals surface area contributed by atoms with E-state index in [1.165, 1.54) is 6.07 Å². The second-order valence-corrected chi connectivity index (χ2v) is 7.27. The van der Waals surface area contributed by atoms with Crippen LogP contribution in [0.15, 0.2) is 36.4 Å². The summed E-state index contributed by atoms with van der Waals surface area (Å²) in [7, 11) is 0. The molecule has 2 aromatic carbocycles. The fourth-order valence-corrected chi connectivity index (χ4v) is 3.47. The van der Waals surface area contributed by atoms with Crippen LogP contribution in [0.1, 0.15) is 18.1 Å². The molecule has 3 rings (SSSR count). The standard InChI is InChI=1S/C21H24ClFN2O2/c1-14-12-17(13-15(2)20(14)22)27-16(3)21(26)25-10-8-24(9-11-25)19-7-5-4-6-18(19)23/h4-7,12-13,16H,8-11H2,1-3H3/t16-/m0/s1. The molecule has 1 atom stereocenters. The maximum absolute atomic E-state index is 13.9. The van der Waals surface area contributed by atoms with Gasteiger partial charge in [-0.3, -0.25) is 4.79 Å². The number of benzene rings is 2. The van der Waals surface area contributed by atoms with Gasteiger partial charge < -0.3 is 14.5 Å². The molecule has 0 spiro atoms. The number of rotatable bonds is 4. The molecule has 1 fully saturated rings. The van der Waals surface area contributed by atoms with E-state index in [9.17, 15) is 9.18 Å². The number of anilines is 1. The van der Waals surface area contributed by atoms with E-state index in [1.807, 2.05) is 36.9 Å². The normalized spacial score (nSPS) is 15.6. The molecule has 0 unspecified atom stereocenters. The highest BCUT2D eigenvalue weighted by molar-refractivity contribution is 6.32. The molecule has 0 saturated carbocycles. The number of ether oxygens (including phenoxy) is 1. The molecule has 0 radical (unpaired) electrons. The average Bonchev–Trinajstić information content (AvgIpc) is 2.66. The van der Waals surface area contributed by atoms with E-state index in [1.54, 1.807) is 24.0 Å². The van der Waals surface area contributed by atoms with Crippen molar-refractivity contribution in [3.8, 4) is 5.75 Å². The van der Waals surface area contributed by atoms with E-state index in [4.69, 9.17) is 16.3 Å². The van der Waals surface area contributed by atoms with Gasteiger partial charge in [0.2, 0.25) is 0 Å². The van der Waals surface area contributed by atoms with Crippen molar-refractivity contribution in [1.29, 1.82) is 0 Å². The first-order chi connectivity index (χ1) is 12.9. The number of nitrogens with zero attached hydrogens (tertiary/aromatic N) is 2. The summed E-state index contributed by atoms with van der Waals surface area (Å²) < 4.78 is 19.8. The number of aryl methyl sites for hydroxylation is 2. The second kappa shape index (κ2) is 8.17. The van der Waals surface area contributed by atoms with E-state index in [2.05, 4.69) is 0 Å². The molecule has 1 saturated heterocycles. The largest absolute Gasteiger partial charge is 0.481 e. The van der Waals surface area contributed by atoms with Crippen molar-refractivity contribution in [3.05, 3.63) is 58.4 Å². The maximum Gasteiger partial charge on any atom is 0.263 e. The summed E-state index contributed by atoms with van der Waals surface area (Å²) in [6.07, 6.45) is -0.593. The quantitative estimate of drug-likeness (QED) is 0.783. The highest BCUT2D eigenvalue weighted by Gasteiger charge is 2.27. The number of halogens is 2. The van der Waals surface area contributed by atoms with Crippen LogP contribution in [0.3, 0.4) is 0 Å². The maximum atomic E-state index is 13.9. The van der Waals surface area contributed by atoms with Crippen LogP contribution in [0.5, 0.6) is 5.75 Å². The van der Waals surface area contributed by atoms with Gasteiger partial charge in [-0.25, -0.2) is 4.39 Å². The minimum absolute atomic E-state index is 0.0616. The van der Waals surface area contributed by atoms with Gasteiger partial charge >= 0.3 is 0 Å². The van der Waals surface area contributed by atoms with E-state index in [0.717, 1.165) is 11.1 Å². The van der Waals surface area contributed by atoms with E-state index in [-0.39, 0.29) is 11.7 Å². The van der Waals surface area contributed by atoms with Gasteiger partial charge in [0, 0.05) is 31.2 Å². The van der Waals surface area contributed by atoms with Gasteiger partial charge in [0.15, 0.2) is 6.10 Å². The number of para-hydroxylation sites is 1. The number of carbonyl (C=O) groups is 1. The van der Waals surface area contributed by atoms with Crippen LogP contribution in [0, 0.1) is 19.7 Å². The van der Waals surface area contributed by atoms with Crippen LogP contribution in [-0.4, -0.2) is 43.1 Å². The molecule has 144 valence electrons. The van der Waals surface area contributed by atoms with Crippen molar-refractivity contribution in [1.82, 2.24) is 4.90 Å². The van der Waals surface area contributed by atoms with Gasteiger partial charge in [0.25, 0.3) is 5.91 Å².